The van der Waals surface area contributed by atoms with Crippen LogP contribution in [0.5, 0.6) is 0 Å². The summed E-state index contributed by atoms with van der Waals surface area (Å²) in [5.74, 6) is -0.677. The second-order valence-electron chi connectivity index (χ2n) is 5.50. The van der Waals surface area contributed by atoms with Crippen LogP contribution in [-0.4, -0.2) is 48.6 Å². The maximum Gasteiger partial charge on any atom is 0.342 e. The molecule has 1 N–H and O–H groups in total. The first kappa shape index (κ1) is 17.0. The number of sulfonamides is 1. The molecule has 8 heteroatoms. The highest BCUT2D eigenvalue weighted by Crippen LogP contribution is 2.26. The van der Waals surface area contributed by atoms with Crippen molar-refractivity contribution in [2.24, 2.45) is 0 Å². The largest absolute Gasteiger partial charge is 0.462 e. The minimum absolute atomic E-state index is 0.0363. The van der Waals surface area contributed by atoms with Gasteiger partial charge in [0, 0.05) is 13.1 Å². The smallest absolute Gasteiger partial charge is 0.342 e. The van der Waals surface area contributed by atoms with E-state index in [0.29, 0.717) is 0 Å². The van der Waals surface area contributed by atoms with Gasteiger partial charge in [-0.3, -0.25) is 5.10 Å². The van der Waals surface area contributed by atoms with Gasteiger partial charge in [-0.05, 0) is 19.8 Å². The minimum Gasteiger partial charge on any atom is -0.462 e. The molecule has 124 valence electrons. The van der Waals surface area contributed by atoms with E-state index in [-0.39, 0.29) is 23.2 Å². The number of hydrogen-bond donors (Lipinski definition) is 1. The highest BCUT2D eigenvalue weighted by atomic mass is 32.2. The summed E-state index contributed by atoms with van der Waals surface area (Å²) >= 11 is 0. The second kappa shape index (κ2) is 7.23. The molecule has 0 unspecified atom stereocenters. The number of nitrogens with one attached hydrogen (secondary N) is 1. The number of ether oxygens (including phenoxy) is 1. The van der Waals surface area contributed by atoms with Gasteiger partial charge in [0.25, 0.3) is 10.0 Å². The van der Waals surface area contributed by atoms with Crippen LogP contribution in [0.2, 0.25) is 0 Å². The third-order valence-corrected chi connectivity index (χ3v) is 5.96. The number of hydrogen-bond acceptors (Lipinski definition) is 5. The molecule has 1 saturated carbocycles. The second-order valence-corrected chi connectivity index (χ2v) is 7.43. The van der Waals surface area contributed by atoms with Crippen LogP contribution in [-0.2, 0) is 14.8 Å². The van der Waals surface area contributed by atoms with Crippen LogP contribution in [0.3, 0.4) is 0 Å². The zero-order valence-corrected chi connectivity index (χ0v) is 13.9. The molecule has 2 rings (SSSR count). The van der Waals surface area contributed by atoms with Gasteiger partial charge in [-0.2, -0.15) is 9.40 Å². The maximum atomic E-state index is 12.8. The average molecular weight is 329 g/mol. The molecular formula is C14H23N3O4S. The van der Waals surface area contributed by atoms with Crippen LogP contribution in [0.15, 0.2) is 11.2 Å². The highest BCUT2D eigenvalue weighted by Gasteiger charge is 2.33. The van der Waals surface area contributed by atoms with Gasteiger partial charge >= 0.3 is 5.97 Å². The summed E-state index contributed by atoms with van der Waals surface area (Å²) in [5, 5.41) is 5.96. The Hall–Kier alpha value is -1.41. The monoisotopic (exact) mass is 329 g/mol. The number of nitrogens with zero attached hydrogens (tertiary/aromatic N) is 2. The van der Waals surface area contributed by atoms with E-state index in [1.54, 1.807) is 14.0 Å². The van der Waals surface area contributed by atoms with Crippen molar-refractivity contribution >= 4 is 16.0 Å². The summed E-state index contributed by atoms with van der Waals surface area (Å²) in [5.41, 5.74) is -0.0395. The van der Waals surface area contributed by atoms with Crippen LogP contribution in [0.1, 0.15) is 55.8 Å². The third-order valence-electron chi connectivity index (χ3n) is 4.08. The molecular weight excluding hydrogens is 306 g/mol. The van der Waals surface area contributed by atoms with Gasteiger partial charge < -0.3 is 4.74 Å². The normalized spacial score (nSPS) is 17.4. The van der Waals surface area contributed by atoms with E-state index in [1.807, 2.05) is 0 Å². The van der Waals surface area contributed by atoms with Gasteiger partial charge in [0.15, 0.2) is 5.03 Å². The predicted molar refractivity (Wildman–Crippen MR) is 81.0 cm³/mol. The Balaban J connectivity index is 2.26. The summed E-state index contributed by atoms with van der Waals surface area (Å²) in [6.45, 7) is 1.85. The average Bonchev–Trinajstić information content (AvgIpc) is 2.84. The number of carbonyl (C=O) groups excluding carboxylic acids is 1. The van der Waals surface area contributed by atoms with Crippen LogP contribution in [0.25, 0.3) is 0 Å². The van der Waals surface area contributed by atoms with E-state index in [0.717, 1.165) is 38.5 Å². The van der Waals surface area contributed by atoms with Crippen LogP contribution < -0.4 is 0 Å². The number of carbonyl (C=O) groups is 1. The maximum absolute atomic E-state index is 12.8. The Bertz CT molecular complexity index is 603. The van der Waals surface area contributed by atoms with E-state index >= 15 is 0 Å². The topological polar surface area (TPSA) is 92.4 Å². The van der Waals surface area contributed by atoms with Crippen molar-refractivity contribution in [1.29, 1.82) is 0 Å². The lowest BCUT2D eigenvalue weighted by Gasteiger charge is -2.26. The van der Waals surface area contributed by atoms with Crippen molar-refractivity contribution in [3.63, 3.8) is 0 Å². The van der Waals surface area contributed by atoms with Gasteiger partial charge in [0.05, 0.1) is 12.8 Å². The van der Waals surface area contributed by atoms with Gasteiger partial charge in [0.1, 0.15) is 5.56 Å². The van der Waals surface area contributed by atoms with E-state index in [1.165, 1.54) is 10.5 Å². The Morgan fingerprint density at radius 2 is 2.00 bits per heavy atom. The predicted octanol–water partition coefficient (Wildman–Crippen LogP) is 1.93. The van der Waals surface area contributed by atoms with Crippen molar-refractivity contribution in [2.45, 2.75) is 56.5 Å². The summed E-state index contributed by atoms with van der Waals surface area (Å²) < 4.78 is 31.8. The lowest BCUT2D eigenvalue weighted by Crippen LogP contribution is -2.37. The molecule has 1 aliphatic rings. The molecule has 7 nitrogen and oxygen atoms in total. The Kier molecular flexibility index (Phi) is 5.57. The molecule has 1 aliphatic carbocycles. The fraction of sp³-hybridized carbons (Fsp3) is 0.714. The van der Waals surface area contributed by atoms with Gasteiger partial charge in [-0.15, -0.1) is 0 Å². The minimum atomic E-state index is -3.79. The quantitative estimate of drug-likeness (QED) is 0.658. The van der Waals surface area contributed by atoms with Gasteiger partial charge in [-0.25, -0.2) is 13.2 Å². The first-order chi connectivity index (χ1) is 10.5. The number of aromatic amines is 1. The van der Waals surface area contributed by atoms with Crippen LogP contribution in [0.4, 0.5) is 0 Å². The fourth-order valence-corrected chi connectivity index (χ4v) is 4.26. The van der Waals surface area contributed by atoms with E-state index in [4.69, 9.17) is 4.74 Å². The molecule has 0 radical (unpaired) electrons. The molecule has 0 aliphatic heterocycles. The van der Waals surface area contributed by atoms with Crippen LogP contribution in [0, 0.1) is 0 Å². The Labute approximate surface area is 131 Å². The number of aromatic nitrogens is 2. The van der Waals surface area contributed by atoms with E-state index in [9.17, 15) is 13.2 Å². The van der Waals surface area contributed by atoms with Crippen molar-refractivity contribution in [2.75, 3.05) is 13.7 Å². The molecule has 0 spiro atoms. The lowest BCUT2D eigenvalue weighted by molar-refractivity contribution is 0.0521. The van der Waals surface area contributed by atoms with E-state index < -0.39 is 16.0 Å². The summed E-state index contributed by atoms with van der Waals surface area (Å²) in [7, 11) is -2.22. The molecule has 1 aromatic rings. The fourth-order valence-electron chi connectivity index (χ4n) is 2.79. The Morgan fingerprint density at radius 1 is 1.36 bits per heavy atom. The molecule has 1 aromatic heterocycles. The van der Waals surface area contributed by atoms with Crippen molar-refractivity contribution < 1.29 is 17.9 Å². The van der Waals surface area contributed by atoms with Crippen molar-refractivity contribution in [1.82, 2.24) is 14.5 Å². The summed E-state index contributed by atoms with van der Waals surface area (Å²) in [6, 6.07) is -0.0363. The van der Waals surface area contributed by atoms with Gasteiger partial charge in [-0.1, -0.05) is 25.7 Å². The first-order valence-electron chi connectivity index (χ1n) is 7.67. The first-order valence-corrected chi connectivity index (χ1v) is 9.11. The highest BCUT2D eigenvalue weighted by molar-refractivity contribution is 7.89. The molecule has 0 saturated heterocycles. The van der Waals surface area contributed by atoms with Gasteiger partial charge in [0.2, 0.25) is 0 Å². The Morgan fingerprint density at radius 3 is 2.59 bits per heavy atom. The molecule has 0 aromatic carbocycles. The molecule has 0 atom stereocenters. The zero-order valence-electron chi connectivity index (χ0n) is 13.0. The van der Waals surface area contributed by atoms with E-state index in [2.05, 4.69) is 10.2 Å². The zero-order chi connectivity index (χ0) is 16.2. The standard InChI is InChI=1S/C14H23N3O4S/c1-3-21-14(18)12-10-15-16-13(12)22(19,20)17(2)11-8-6-4-5-7-9-11/h10-11H,3-9H2,1-2H3,(H,15,16). The molecule has 0 amide bonds. The lowest BCUT2D eigenvalue weighted by atomic mass is 10.1. The van der Waals surface area contributed by atoms with Crippen LogP contribution >= 0.6 is 0 Å². The number of esters is 1. The number of H-pyrrole nitrogens is 1. The third kappa shape index (κ3) is 3.49. The SMILES string of the molecule is CCOC(=O)c1cn[nH]c1S(=O)(=O)N(C)C1CCCCCC1. The molecule has 1 heterocycles. The summed E-state index contributed by atoms with van der Waals surface area (Å²) in [6.07, 6.45) is 7.23. The summed E-state index contributed by atoms with van der Waals surface area (Å²) in [4.78, 5) is 11.9. The van der Waals surface area contributed by atoms with Crippen molar-refractivity contribution in [3.05, 3.63) is 11.8 Å². The van der Waals surface area contributed by atoms with Crippen molar-refractivity contribution in [3.8, 4) is 0 Å². The molecule has 1 fully saturated rings. The number of rotatable bonds is 5. The molecule has 0 bridgehead atoms. The molecule has 22 heavy (non-hydrogen) atoms.